The fraction of sp³-hybridized carbons (Fsp3) is 0.727. The van der Waals surface area contributed by atoms with Gasteiger partial charge in [0.25, 0.3) is 0 Å². The van der Waals surface area contributed by atoms with Gasteiger partial charge in [0, 0.05) is 32.5 Å². The molecule has 25 heavy (non-hydrogen) atoms. The van der Waals surface area contributed by atoms with Gasteiger partial charge in [0.2, 0.25) is 0 Å². The second kappa shape index (κ2) is 5.71. The summed E-state index contributed by atoms with van der Waals surface area (Å²) in [7, 11) is 3.51. The molecule has 0 spiro atoms. The molecule has 4 rings (SSSR count). The van der Waals surface area contributed by atoms with Crippen molar-refractivity contribution in [1.29, 1.82) is 0 Å². The highest BCUT2D eigenvalue weighted by Crippen LogP contribution is 2.62. The van der Waals surface area contributed by atoms with Gasteiger partial charge in [-0.25, -0.2) is 0 Å². The van der Waals surface area contributed by atoms with Crippen LogP contribution >= 0.6 is 0 Å². The van der Waals surface area contributed by atoms with Gasteiger partial charge in [0.05, 0.1) is 0 Å². The Morgan fingerprint density at radius 1 is 1.20 bits per heavy atom. The Hall–Kier alpha value is -1.08. The predicted octanol–water partition coefficient (Wildman–Crippen LogP) is 3.98. The van der Waals surface area contributed by atoms with Crippen molar-refractivity contribution in [3.05, 3.63) is 22.8 Å². The Balaban J connectivity index is 1.69. The van der Waals surface area contributed by atoms with Crippen LogP contribution in [0.25, 0.3) is 0 Å². The minimum Gasteiger partial charge on any atom is -0.377 e. The number of hydrogen-bond donors (Lipinski definition) is 1. The third kappa shape index (κ3) is 2.24. The van der Waals surface area contributed by atoms with Gasteiger partial charge in [-0.3, -0.25) is 0 Å². The SMILES string of the molecule is C#C[C@]1(O)CC[C@H]2[C@@H]3CCC4=C(CCC(OC)(OC)C4)C3=CC[C@@]21C. The van der Waals surface area contributed by atoms with Crippen molar-refractivity contribution in [3.8, 4) is 12.3 Å². The second-order valence-corrected chi connectivity index (χ2v) is 8.65. The third-order valence-corrected chi connectivity index (χ3v) is 7.97. The van der Waals surface area contributed by atoms with E-state index in [1.165, 1.54) is 5.57 Å². The van der Waals surface area contributed by atoms with E-state index in [0.29, 0.717) is 11.8 Å². The highest BCUT2D eigenvalue weighted by molar-refractivity contribution is 5.45. The van der Waals surface area contributed by atoms with Gasteiger partial charge in [0.15, 0.2) is 5.79 Å². The molecule has 1 saturated carbocycles. The third-order valence-electron chi connectivity index (χ3n) is 7.97. The summed E-state index contributed by atoms with van der Waals surface area (Å²) < 4.78 is 11.4. The summed E-state index contributed by atoms with van der Waals surface area (Å²) in [5.74, 6) is 3.35. The van der Waals surface area contributed by atoms with E-state index in [4.69, 9.17) is 15.9 Å². The van der Waals surface area contributed by atoms with Crippen molar-refractivity contribution in [2.24, 2.45) is 17.3 Å². The summed E-state index contributed by atoms with van der Waals surface area (Å²) in [6, 6.07) is 0. The normalized spacial score (nSPS) is 42.1. The average Bonchev–Trinajstić information content (AvgIpc) is 2.92. The van der Waals surface area contributed by atoms with E-state index in [9.17, 15) is 5.11 Å². The van der Waals surface area contributed by atoms with Crippen LogP contribution < -0.4 is 0 Å². The van der Waals surface area contributed by atoms with E-state index >= 15 is 0 Å². The van der Waals surface area contributed by atoms with Crippen LogP contribution in [0.15, 0.2) is 22.8 Å². The first-order valence-corrected chi connectivity index (χ1v) is 9.64. The van der Waals surface area contributed by atoms with Gasteiger partial charge in [-0.15, -0.1) is 6.42 Å². The molecule has 4 aliphatic rings. The minimum absolute atomic E-state index is 0.175. The van der Waals surface area contributed by atoms with Crippen LogP contribution in [0.3, 0.4) is 0 Å². The molecule has 0 radical (unpaired) electrons. The lowest BCUT2D eigenvalue weighted by Crippen LogP contribution is -2.48. The lowest BCUT2D eigenvalue weighted by molar-refractivity contribution is -0.212. The van der Waals surface area contributed by atoms with E-state index in [2.05, 4.69) is 18.9 Å². The molecule has 136 valence electrons. The van der Waals surface area contributed by atoms with Crippen LogP contribution in [0.4, 0.5) is 0 Å². The zero-order valence-electron chi connectivity index (χ0n) is 15.7. The molecule has 1 fully saturated rings. The van der Waals surface area contributed by atoms with Gasteiger partial charge in [0.1, 0.15) is 5.60 Å². The van der Waals surface area contributed by atoms with Crippen LogP contribution in [0.1, 0.15) is 58.3 Å². The van der Waals surface area contributed by atoms with Crippen molar-refractivity contribution in [2.75, 3.05) is 14.2 Å². The Kier molecular flexibility index (Phi) is 3.96. The van der Waals surface area contributed by atoms with E-state index in [-0.39, 0.29) is 5.41 Å². The number of hydrogen-bond acceptors (Lipinski definition) is 3. The lowest BCUT2D eigenvalue weighted by Gasteiger charge is -2.50. The summed E-state index contributed by atoms with van der Waals surface area (Å²) in [5, 5.41) is 11.0. The van der Waals surface area contributed by atoms with E-state index in [1.807, 2.05) is 0 Å². The monoisotopic (exact) mass is 342 g/mol. The van der Waals surface area contributed by atoms with Gasteiger partial charge < -0.3 is 14.6 Å². The molecule has 3 nitrogen and oxygen atoms in total. The molecule has 0 unspecified atom stereocenters. The van der Waals surface area contributed by atoms with E-state index in [0.717, 1.165) is 51.4 Å². The Bertz CT molecular complexity index is 678. The van der Waals surface area contributed by atoms with Crippen LogP contribution in [0.2, 0.25) is 0 Å². The van der Waals surface area contributed by atoms with Crippen molar-refractivity contribution >= 4 is 0 Å². The molecule has 4 aliphatic carbocycles. The standard InChI is InChI=1S/C22H30O3/c1-5-21(23)12-10-19-18-7-6-15-14-22(24-3,25-4)13-9-16(15)17(18)8-11-20(19,21)2/h1,8,18-19,23H,6-7,9-14H2,2-4H3/t18-,19+,20+,21+/m1/s1. The van der Waals surface area contributed by atoms with Crippen molar-refractivity contribution in [2.45, 2.75) is 69.7 Å². The lowest BCUT2D eigenvalue weighted by atomic mass is 9.56. The molecular weight excluding hydrogens is 312 g/mol. The predicted molar refractivity (Wildman–Crippen MR) is 97.7 cm³/mol. The number of rotatable bonds is 2. The smallest absolute Gasteiger partial charge is 0.171 e. The molecule has 0 aromatic carbocycles. The molecule has 3 heteroatoms. The van der Waals surface area contributed by atoms with Crippen LogP contribution in [-0.2, 0) is 9.47 Å². The van der Waals surface area contributed by atoms with Crippen LogP contribution in [0.5, 0.6) is 0 Å². The second-order valence-electron chi connectivity index (χ2n) is 8.65. The molecule has 0 aliphatic heterocycles. The highest BCUT2D eigenvalue weighted by Gasteiger charge is 2.59. The average molecular weight is 342 g/mol. The molecule has 0 aromatic heterocycles. The molecular formula is C22H30O3. The van der Waals surface area contributed by atoms with Crippen molar-refractivity contribution in [1.82, 2.24) is 0 Å². The fourth-order valence-corrected chi connectivity index (χ4v) is 6.23. The topological polar surface area (TPSA) is 38.7 Å². The maximum Gasteiger partial charge on any atom is 0.171 e. The largest absolute Gasteiger partial charge is 0.377 e. The first kappa shape index (κ1) is 17.3. The number of methoxy groups -OCH3 is 2. The number of ether oxygens (including phenoxy) is 2. The quantitative estimate of drug-likeness (QED) is 0.609. The molecule has 0 aromatic rings. The summed E-state index contributed by atoms with van der Waals surface area (Å²) in [4.78, 5) is 0. The fourth-order valence-electron chi connectivity index (χ4n) is 6.23. The molecule has 0 heterocycles. The number of fused-ring (bicyclic) bond motifs is 4. The van der Waals surface area contributed by atoms with E-state index in [1.54, 1.807) is 25.4 Å². The van der Waals surface area contributed by atoms with E-state index < -0.39 is 11.4 Å². The number of terminal acetylenes is 1. The maximum absolute atomic E-state index is 11.0. The van der Waals surface area contributed by atoms with Gasteiger partial charge in [-0.1, -0.05) is 24.5 Å². The highest BCUT2D eigenvalue weighted by atomic mass is 16.7. The molecule has 4 atom stereocenters. The first-order chi connectivity index (χ1) is 11.9. The molecule has 0 saturated heterocycles. The Morgan fingerprint density at radius 2 is 1.96 bits per heavy atom. The summed E-state index contributed by atoms with van der Waals surface area (Å²) in [6.45, 7) is 2.21. The number of aliphatic hydroxyl groups is 1. The Labute approximate surface area is 151 Å². The van der Waals surface area contributed by atoms with Crippen molar-refractivity contribution < 1.29 is 14.6 Å². The summed E-state index contributed by atoms with van der Waals surface area (Å²) in [6.07, 6.45) is 15.9. The van der Waals surface area contributed by atoms with Gasteiger partial charge in [-0.05, 0) is 61.5 Å². The Morgan fingerprint density at radius 3 is 2.64 bits per heavy atom. The number of allylic oxidation sites excluding steroid dienone is 3. The zero-order valence-corrected chi connectivity index (χ0v) is 15.7. The first-order valence-electron chi connectivity index (χ1n) is 9.64. The minimum atomic E-state index is -0.942. The summed E-state index contributed by atoms with van der Waals surface area (Å²) >= 11 is 0. The van der Waals surface area contributed by atoms with Gasteiger partial charge in [-0.2, -0.15) is 0 Å². The van der Waals surface area contributed by atoms with Gasteiger partial charge >= 0.3 is 0 Å². The molecule has 0 amide bonds. The van der Waals surface area contributed by atoms with Crippen LogP contribution in [-0.4, -0.2) is 30.7 Å². The zero-order chi connectivity index (χ0) is 17.9. The van der Waals surface area contributed by atoms with Crippen LogP contribution in [0, 0.1) is 29.6 Å². The maximum atomic E-state index is 11.0. The molecule has 1 N–H and O–H groups in total. The summed E-state index contributed by atoms with van der Waals surface area (Å²) in [5.41, 5.74) is 3.50. The van der Waals surface area contributed by atoms with Crippen molar-refractivity contribution in [3.63, 3.8) is 0 Å². The molecule has 0 bridgehead atoms.